The number of aryl methyl sites for hydroxylation is 3. The van der Waals surface area contributed by atoms with Crippen molar-refractivity contribution < 1.29 is 13.2 Å². The average molecular weight is 387 g/mol. The average Bonchev–Trinajstić information content (AvgIpc) is 2.60. The van der Waals surface area contributed by atoms with Gasteiger partial charge in [-0.3, -0.25) is 9.10 Å². The molecule has 0 heterocycles. The molecule has 144 valence electrons. The zero-order valence-corrected chi connectivity index (χ0v) is 16.8. The topological polar surface area (TPSA) is 66.5 Å². The molecule has 0 bridgehead atoms. The fourth-order valence-electron chi connectivity index (χ4n) is 3.74. The molecule has 1 aliphatic rings. The lowest BCUT2D eigenvalue weighted by atomic mass is 9.88. The van der Waals surface area contributed by atoms with Crippen LogP contribution in [0.2, 0.25) is 0 Å². The van der Waals surface area contributed by atoms with E-state index in [-0.39, 0.29) is 18.5 Å². The van der Waals surface area contributed by atoms with E-state index in [2.05, 4.69) is 11.4 Å². The lowest BCUT2D eigenvalue weighted by molar-refractivity contribution is -0.120. The van der Waals surface area contributed by atoms with E-state index in [1.165, 1.54) is 9.87 Å². The minimum absolute atomic E-state index is 0.0667. The maximum Gasteiger partial charge on any atom is 0.241 e. The van der Waals surface area contributed by atoms with E-state index in [0.717, 1.165) is 42.2 Å². The number of nitrogens with one attached hydrogen (secondary N) is 1. The Kier molecular flexibility index (Phi) is 5.56. The molecule has 1 atom stereocenters. The zero-order valence-electron chi connectivity index (χ0n) is 16.0. The first-order valence-corrected chi connectivity index (χ1v) is 11.0. The Morgan fingerprint density at radius 3 is 2.63 bits per heavy atom. The molecule has 2 aromatic rings. The second kappa shape index (κ2) is 7.72. The molecule has 1 amide bonds. The predicted octanol–water partition coefficient (Wildman–Crippen LogP) is 3.26. The monoisotopic (exact) mass is 386 g/mol. The smallest absolute Gasteiger partial charge is 0.241 e. The van der Waals surface area contributed by atoms with Crippen LogP contribution in [0.3, 0.4) is 0 Å². The van der Waals surface area contributed by atoms with E-state index in [4.69, 9.17) is 0 Å². The Labute approximate surface area is 161 Å². The van der Waals surface area contributed by atoms with Gasteiger partial charge in [-0.15, -0.1) is 0 Å². The van der Waals surface area contributed by atoms with Crippen LogP contribution < -0.4 is 9.62 Å². The number of nitrogens with zero attached hydrogens (tertiary/aromatic N) is 1. The third kappa shape index (κ3) is 4.50. The van der Waals surface area contributed by atoms with E-state index >= 15 is 0 Å². The van der Waals surface area contributed by atoms with Crippen molar-refractivity contribution in [3.05, 3.63) is 64.7 Å². The summed E-state index contributed by atoms with van der Waals surface area (Å²) in [5.74, 6) is -0.290. The normalized spacial score (nSPS) is 16.5. The lowest BCUT2D eigenvalue weighted by Crippen LogP contribution is -2.42. The number of rotatable bonds is 5. The van der Waals surface area contributed by atoms with Gasteiger partial charge in [-0.2, -0.15) is 0 Å². The van der Waals surface area contributed by atoms with Crippen LogP contribution in [0.1, 0.15) is 41.1 Å². The summed E-state index contributed by atoms with van der Waals surface area (Å²) in [7, 11) is -3.58. The molecule has 0 saturated heterocycles. The van der Waals surface area contributed by atoms with E-state index in [1.54, 1.807) is 6.07 Å². The summed E-state index contributed by atoms with van der Waals surface area (Å²) in [4.78, 5) is 12.7. The van der Waals surface area contributed by atoms with Crippen molar-refractivity contribution in [2.45, 2.75) is 39.2 Å². The number of amides is 1. The van der Waals surface area contributed by atoms with Crippen molar-refractivity contribution in [2.75, 3.05) is 17.1 Å². The third-order valence-electron chi connectivity index (χ3n) is 5.01. The van der Waals surface area contributed by atoms with Crippen LogP contribution >= 0.6 is 0 Å². The molecule has 2 aromatic carbocycles. The minimum Gasteiger partial charge on any atom is -0.348 e. The van der Waals surface area contributed by atoms with Gasteiger partial charge in [-0.25, -0.2) is 8.42 Å². The Bertz CT molecular complexity index is 954. The van der Waals surface area contributed by atoms with Gasteiger partial charge in [0.1, 0.15) is 6.54 Å². The summed E-state index contributed by atoms with van der Waals surface area (Å²) >= 11 is 0. The molecule has 0 spiro atoms. The van der Waals surface area contributed by atoms with Gasteiger partial charge < -0.3 is 5.32 Å². The van der Waals surface area contributed by atoms with Crippen LogP contribution in [-0.2, 0) is 21.2 Å². The zero-order chi connectivity index (χ0) is 19.6. The minimum atomic E-state index is -3.58. The molecule has 5 nitrogen and oxygen atoms in total. The highest BCUT2D eigenvalue weighted by molar-refractivity contribution is 7.92. The number of sulfonamides is 1. The van der Waals surface area contributed by atoms with Gasteiger partial charge in [-0.1, -0.05) is 42.0 Å². The van der Waals surface area contributed by atoms with Crippen LogP contribution in [0.5, 0.6) is 0 Å². The molecule has 0 saturated carbocycles. The summed E-state index contributed by atoms with van der Waals surface area (Å²) in [6, 6.07) is 13.6. The fraction of sp³-hybridized carbons (Fsp3) is 0.381. The van der Waals surface area contributed by atoms with Crippen molar-refractivity contribution in [1.82, 2.24) is 5.32 Å². The lowest BCUT2D eigenvalue weighted by Gasteiger charge is -2.28. The van der Waals surface area contributed by atoms with Crippen LogP contribution in [0, 0.1) is 13.8 Å². The van der Waals surface area contributed by atoms with Gasteiger partial charge in [-0.05, 0) is 55.9 Å². The van der Waals surface area contributed by atoms with Crippen molar-refractivity contribution in [1.29, 1.82) is 0 Å². The largest absolute Gasteiger partial charge is 0.348 e. The van der Waals surface area contributed by atoms with E-state index in [9.17, 15) is 13.2 Å². The van der Waals surface area contributed by atoms with Gasteiger partial charge in [0, 0.05) is 0 Å². The molecule has 6 heteroatoms. The van der Waals surface area contributed by atoms with Crippen molar-refractivity contribution in [3.63, 3.8) is 0 Å². The van der Waals surface area contributed by atoms with Gasteiger partial charge in [0.25, 0.3) is 0 Å². The number of carbonyl (C=O) groups excluding carboxylic acids is 1. The molecule has 1 aliphatic carbocycles. The van der Waals surface area contributed by atoms with Gasteiger partial charge in [0.05, 0.1) is 18.0 Å². The molecule has 27 heavy (non-hydrogen) atoms. The van der Waals surface area contributed by atoms with Crippen LogP contribution in [0.4, 0.5) is 5.69 Å². The number of fused-ring (bicyclic) bond motifs is 1. The maximum absolute atomic E-state index is 12.7. The number of benzene rings is 2. The summed E-state index contributed by atoms with van der Waals surface area (Å²) in [5, 5.41) is 3.03. The molecule has 3 rings (SSSR count). The van der Waals surface area contributed by atoms with Gasteiger partial charge in [0.15, 0.2) is 0 Å². The van der Waals surface area contributed by atoms with Crippen LogP contribution in [-0.4, -0.2) is 27.1 Å². The fourth-order valence-corrected chi connectivity index (χ4v) is 4.65. The van der Waals surface area contributed by atoms with Crippen LogP contribution in [0.15, 0.2) is 42.5 Å². The van der Waals surface area contributed by atoms with Gasteiger partial charge in [0.2, 0.25) is 15.9 Å². The first-order valence-electron chi connectivity index (χ1n) is 9.18. The molecule has 0 aliphatic heterocycles. The molecular weight excluding hydrogens is 360 g/mol. The summed E-state index contributed by atoms with van der Waals surface area (Å²) in [6.45, 7) is 3.59. The maximum atomic E-state index is 12.7. The highest BCUT2D eigenvalue weighted by Gasteiger charge is 2.26. The van der Waals surface area contributed by atoms with Crippen molar-refractivity contribution in [2.24, 2.45) is 0 Å². The Morgan fingerprint density at radius 1 is 1.19 bits per heavy atom. The molecule has 0 aromatic heterocycles. The number of anilines is 1. The van der Waals surface area contributed by atoms with E-state index in [1.807, 2.05) is 44.2 Å². The second-order valence-electron chi connectivity index (χ2n) is 7.27. The van der Waals surface area contributed by atoms with Crippen molar-refractivity contribution >= 4 is 21.6 Å². The third-order valence-corrected chi connectivity index (χ3v) is 6.14. The first kappa shape index (κ1) is 19.4. The standard InChI is InChI=1S/C21H26N2O3S/c1-15-11-12-20(16(2)13-15)23(27(3,25)26)14-21(24)22-19-10-6-8-17-7-4-5-9-18(17)19/h4-5,7,9,11-13,19H,6,8,10,14H2,1-3H3,(H,22,24). The Balaban J connectivity index is 1.80. The second-order valence-corrected chi connectivity index (χ2v) is 9.18. The highest BCUT2D eigenvalue weighted by Crippen LogP contribution is 2.29. The first-order chi connectivity index (χ1) is 12.8. The Morgan fingerprint density at radius 2 is 1.93 bits per heavy atom. The van der Waals surface area contributed by atoms with Gasteiger partial charge >= 0.3 is 0 Å². The molecule has 0 radical (unpaired) electrons. The quantitative estimate of drug-likeness (QED) is 0.858. The molecule has 1 unspecified atom stereocenters. The number of hydrogen-bond acceptors (Lipinski definition) is 3. The highest BCUT2D eigenvalue weighted by atomic mass is 32.2. The summed E-state index contributed by atoms with van der Waals surface area (Å²) in [5.41, 5.74) is 4.81. The number of hydrogen-bond donors (Lipinski definition) is 1. The van der Waals surface area contributed by atoms with E-state index in [0.29, 0.717) is 5.69 Å². The Hall–Kier alpha value is -2.34. The van der Waals surface area contributed by atoms with Crippen LogP contribution in [0.25, 0.3) is 0 Å². The molecule has 0 fully saturated rings. The summed E-state index contributed by atoms with van der Waals surface area (Å²) in [6.07, 6.45) is 4.02. The van der Waals surface area contributed by atoms with E-state index < -0.39 is 10.0 Å². The summed E-state index contributed by atoms with van der Waals surface area (Å²) < 4.78 is 25.9. The molecular formula is C21H26N2O3S. The van der Waals surface area contributed by atoms with Crippen molar-refractivity contribution in [3.8, 4) is 0 Å². The number of carbonyl (C=O) groups is 1. The molecule has 1 N–H and O–H groups in total. The predicted molar refractivity (Wildman–Crippen MR) is 108 cm³/mol. The SMILES string of the molecule is Cc1ccc(N(CC(=O)NC2CCCc3ccccc32)S(C)(=O)=O)c(C)c1.